The molecular formula is C63H124NO4S+. The summed E-state index contributed by atoms with van der Waals surface area (Å²) in [5, 5.41) is 11.0. The lowest BCUT2D eigenvalue weighted by Crippen LogP contribution is -2.41. The average molecular weight is 992 g/mol. The van der Waals surface area contributed by atoms with Gasteiger partial charge >= 0.3 is 0 Å². The Labute approximate surface area is 434 Å². The fourth-order valence-corrected chi connectivity index (χ4v) is 10.8. The standard InChI is InChI=1S/C63H123NO4S/c1-4-7-10-13-16-19-22-25-28-31-34-37-40-43-46-49-52-55-58-64(61-63(65)62-69(66,67)68,59-56-53-50-47-44-41-38-35-32-29-26-23-20-17-14-11-8-5-2)60-57-54-51-48-45-42-39-36-33-30-27-24-21-18-15-12-9-6-3/h55-60,63,65H,4-54,61-62H2,1-3H3/p+1/b58-55+,59-56+,60-57+. The molecule has 0 saturated heterocycles. The minimum Gasteiger partial charge on any atom is -0.386 e. The van der Waals surface area contributed by atoms with Crippen molar-refractivity contribution in [2.75, 3.05) is 12.3 Å². The van der Waals surface area contributed by atoms with Crippen molar-refractivity contribution in [2.24, 2.45) is 0 Å². The van der Waals surface area contributed by atoms with Gasteiger partial charge < -0.3 is 5.11 Å². The average Bonchev–Trinajstić information content (AvgIpc) is 3.32. The predicted octanol–water partition coefficient (Wildman–Crippen LogP) is 21.5. The number of aliphatic hydroxyl groups is 1. The molecule has 0 aliphatic rings. The fraction of sp³-hybridized carbons (Fsp3) is 0.905. The molecule has 1 unspecified atom stereocenters. The van der Waals surface area contributed by atoms with Gasteiger partial charge in [-0.2, -0.15) is 8.42 Å². The van der Waals surface area contributed by atoms with Gasteiger partial charge in [0.2, 0.25) is 0 Å². The molecule has 0 aliphatic heterocycles. The van der Waals surface area contributed by atoms with Crippen molar-refractivity contribution < 1.29 is 22.6 Å². The molecule has 6 heteroatoms. The van der Waals surface area contributed by atoms with Crippen LogP contribution in [-0.4, -0.2) is 41.0 Å². The number of allylic oxidation sites excluding steroid dienone is 3. The lowest BCUT2D eigenvalue weighted by atomic mass is 10.0. The van der Waals surface area contributed by atoms with Gasteiger partial charge in [0.05, 0.1) is 0 Å². The molecule has 5 nitrogen and oxygen atoms in total. The van der Waals surface area contributed by atoms with Gasteiger partial charge in [-0.1, -0.05) is 310 Å². The SMILES string of the molecule is CCCCCCCCCCCCCCCCCC/C=C/[N+](/C=C/CCCCCCCCCCCCCCCCCC)(/C=C/CCCCCCCCCCCCCCCCCC)CC(O)CS(=O)(=O)O. The van der Waals surface area contributed by atoms with Crippen LogP contribution in [0, 0.1) is 0 Å². The molecular weight excluding hydrogens is 867 g/mol. The minimum atomic E-state index is -4.29. The maximum Gasteiger partial charge on any atom is 0.267 e. The molecule has 0 heterocycles. The molecule has 0 aliphatic carbocycles. The molecule has 0 fully saturated rings. The van der Waals surface area contributed by atoms with Crippen LogP contribution in [0.1, 0.15) is 348 Å². The number of hydrogen-bond donors (Lipinski definition) is 2. The number of quaternary nitrogens is 1. The number of rotatable bonds is 58. The molecule has 69 heavy (non-hydrogen) atoms. The van der Waals surface area contributed by atoms with E-state index in [0.717, 1.165) is 38.5 Å². The molecule has 0 rings (SSSR count). The monoisotopic (exact) mass is 991 g/mol. The molecule has 2 N–H and O–H groups in total. The summed E-state index contributed by atoms with van der Waals surface area (Å²) in [6.07, 6.45) is 80.4. The van der Waals surface area contributed by atoms with Crippen molar-refractivity contribution in [3.8, 4) is 0 Å². The zero-order valence-corrected chi connectivity index (χ0v) is 47.9. The number of hydrogen-bond acceptors (Lipinski definition) is 3. The largest absolute Gasteiger partial charge is 0.386 e. The molecule has 410 valence electrons. The van der Waals surface area contributed by atoms with E-state index in [1.165, 1.54) is 289 Å². The Hall–Kier alpha value is -0.950. The molecule has 0 radical (unpaired) electrons. The first kappa shape index (κ1) is 68.0. The van der Waals surface area contributed by atoms with E-state index in [1.54, 1.807) is 0 Å². The topological polar surface area (TPSA) is 74.6 Å². The van der Waals surface area contributed by atoms with E-state index in [9.17, 15) is 18.1 Å². The third-order valence-electron chi connectivity index (χ3n) is 14.8. The third kappa shape index (κ3) is 54.7. The van der Waals surface area contributed by atoms with Gasteiger partial charge in [-0.15, -0.1) is 0 Å². The van der Waals surface area contributed by atoms with Crippen LogP contribution >= 0.6 is 0 Å². The molecule has 0 spiro atoms. The second-order valence-electron chi connectivity index (χ2n) is 22.0. The van der Waals surface area contributed by atoms with E-state index < -0.39 is 22.0 Å². The highest BCUT2D eigenvalue weighted by molar-refractivity contribution is 7.85. The summed E-state index contributed by atoms with van der Waals surface area (Å²) in [7, 11) is -4.29. The summed E-state index contributed by atoms with van der Waals surface area (Å²) in [6.45, 7) is 7.07. The highest BCUT2D eigenvalue weighted by Crippen LogP contribution is 2.21. The van der Waals surface area contributed by atoms with Crippen LogP contribution in [0.3, 0.4) is 0 Å². The van der Waals surface area contributed by atoms with Crippen molar-refractivity contribution in [3.05, 3.63) is 36.8 Å². The van der Waals surface area contributed by atoms with Crippen LogP contribution in [0.4, 0.5) is 0 Å². The summed E-state index contributed by atoms with van der Waals surface area (Å²) in [4.78, 5) is 0. The number of aliphatic hydroxyl groups excluding tert-OH is 1. The molecule has 1 atom stereocenters. The van der Waals surface area contributed by atoms with E-state index in [-0.39, 0.29) is 11.0 Å². The Bertz CT molecular complexity index is 1090. The molecule has 0 saturated carbocycles. The van der Waals surface area contributed by atoms with Gasteiger partial charge in [0.25, 0.3) is 10.1 Å². The van der Waals surface area contributed by atoms with Gasteiger partial charge in [-0.25, -0.2) is 4.48 Å². The Kier molecular flexibility index (Phi) is 54.1. The molecule has 0 aromatic carbocycles. The van der Waals surface area contributed by atoms with Crippen LogP contribution in [-0.2, 0) is 10.1 Å². The summed E-state index contributed by atoms with van der Waals surface area (Å²) in [5.41, 5.74) is 0. The second kappa shape index (κ2) is 54.8. The first-order chi connectivity index (χ1) is 33.8. The van der Waals surface area contributed by atoms with E-state index in [4.69, 9.17) is 0 Å². The number of unbranched alkanes of at least 4 members (excludes halogenated alkanes) is 48. The van der Waals surface area contributed by atoms with E-state index >= 15 is 0 Å². The Morgan fingerprint density at radius 3 is 0.667 bits per heavy atom. The van der Waals surface area contributed by atoms with Gasteiger partial charge in [-0.05, 0) is 56.8 Å². The highest BCUT2D eigenvalue weighted by Gasteiger charge is 2.27. The molecule has 0 aromatic rings. The first-order valence-electron chi connectivity index (χ1n) is 31.3. The fourth-order valence-electron chi connectivity index (χ4n) is 10.2. The normalized spacial score (nSPS) is 13.1. The first-order valence-corrected chi connectivity index (χ1v) is 32.9. The van der Waals surface area contributed by atoms with Crippen molar-refractivity contribution in [2.45, 2.75) is 354 Å². The van der Waals surface area contributed by atoms with E-state index in [1.807, 2.05) is 0 Å². The van der Waals surface area contributed by atoms with Crippen molar-refractivity contribution in [1.82, 2.24) is 0 Å². The van der Waals surface area contributed by atoms with Crippen molar-refractivity contribution in [1.29, 1.82) is 0 Å². The lowest BCUT2D eigenvalue weighted by Gasteiger charge is -2.29. The van der Waals surface area contributed by atoms with E-state index in [0.29, 0.717) is 0 Å². The second-order valence-corrected chi connectivity index (χ2v) is 23.5. The molecule has 0 aromatic heterocycles. The third-order valence-corrected chi connectivity index (χ3v) is 15.6. The van der Waals surface area contributed by atoms with E-state index in [2.05, 4.69) is 57.6 Å². The lowest BCUT2D eigenvalue weighted by molar-refractivity contribution is -0.777. The molecule has 0 amide bonds. The maximum absolute atomic E-state index is 11.9. The van der Waals surface area contributed by atoms with Crippen LogP contribution in [0.25, 0.3) is 0 Å². The van der Waals surface area contributed by atoms with Gasteiger partial charge in [0.1, 0.15) is 37.0 Å². The maximum atomic E-state index is 11.9. The predicted molar refractivity (Wildman–Crippen MR) is 307 cm³/mol. The minimum absolute atomic E-state index is 0.195. The Morgan fingerprint density at radius 1 is 0.319 bits per heavy atom. The smallest absolute Gasteiger partial charge is 0.267 e. The van der Waals surface area contributed by atoms with Gasteiger partial charge in [-0.3, -0.25) is 4.55 Å². The summed E-state index contributed by atoms with van der Waals surface area (Å²) >= 11 is 0. The zero-order chi connectivity index (χ0) is 50.3. The van der Waals surface area contributed by atoms with Crippen LogP contribution < -0.4 is 0 Å². The zero-order valence-electron chi connectivity index (χ0n) is 47.1. The Morgan fingerprint density at radius 2 is 0.493 bits per heavy atom. The summed E-state index contributed by atoms with van der Waals surface area (Å²) < 4.78 is 33.7. The number of nitrogens with zero attached hydrogens (tertiary/aromatic N) is 1. The summed E-state index contributed by atoms with van der Waals surface area (Å²) in [5.74, 6) is -0.639. The Balaban J connectivity index is 4.96. The summed E-state index contributed by atoms with van der Waals surface area (Å²) in [6, 6.07) is 0. The van der Waals surface area contributed by atoms with Crippen LogP contribution in [0.2, 0.25) is 0 Å². The van der Waals surface area contributed by atoms with Gasteiger partial charge in [0.15, 0.2) is 0 Å². The molecule has 0 bridgehead atoms. The van der Waals surface area contributed by atoms with Crippen LogP contribution in [0.5, 0.6) is 0 Å². The quantitative estimate of drug-likeness (QED) is 0.0362. The highest BCUT2D eigenvalue weighted by atomic mass is 32.2. The van der Waals surface area contributed by atoms with Crippen LogP contribution in [0.15, 0.2) is 36.8 Å². The van der Waals surface area contributed by atoms with Gasteiger partial charge in [0, 0.05) is 0 Å². The van der Waals surface area contributed by atoms with Crippen molar-refractivity contribution in [3.63, 3.8) is 0 Å². The van der Waals surface area contributed by atoms with Crippen molar-refractivity contribution >= 4 is 10.1 Å².